The van der Waals surface area contributed by atoms with Crippen molar-refractivity contribution in [3.05, 3.63) is 77.4 Å². The average molecular weight is 377 g/mol. The fourth-order valence-corrected chi connectivity index (χ4v) is 4.58. The quantitative estimate of drug-likeness (QED) is 0.611. The van der Waals surface area contributed by atoms with Gasteiger partial charge < -0.3 is 10.6 Å². The fraction of sp³-hybridized carbons (Fsp3) is 0.462. The lowest BCUT2D eigenvalue weighted by atomic mass is 9.76. The summed E-state index contributed by atoms with van der Waals surface area (Å²) in [7, 11) is 2.05. The Morgan fingerprint density at radius 3 is 2.61 bits per heavy atom. The van der Waals surface area contributed by atoms with Crippen LogP contribution in [0.25, 0.3) is 5.57 Å². The number of hydrogen-bond acceptors (Lipinski definition) is 2. The predicted molar refractivity (Wildman–Crippen MR) is 123 cm³/mol. The van der Waals surface area contributed by atoms with Crippen molar-refractivity contribution in [2.24, 2.45) is 0 Å². The lowest BCUT2D eigenvalue weighted by molar-refractivity contribution is 0.408. The molecular weight excluding hydrogens is 340 g/mol. The highest BCUT2D eigenvalue weighted by atomic mass is 14.9. The van der Waals surface area contributed by atoms with E-state index < -0.39 is 0 Å². The third kappa shape index (κ3) is 4.24. The number of benzene rings is 1. The van der Waals surface area contributed by atoms with E-state index in [1.807, 2.05) is 0 Å². The van der Waals surface area contributed by atoms with Crippen molar-refractivity contribution < 1.29 is 0 Å². The molecule has 0 aliphatic heterocycles. The topological polar surface area (TPSA) is 24.1 Å². The van der Waals surface area contributed by atoms with E-state index in [0.717, 1.165) is 19.3 Å². The Morgan fingerprint density at radius 1 is 1.25 bits per heavy atom. The summed E-state index contributed by atoms with van der Waals surface area (Å²) in [6, 6.07) is 10.5. The fourth-order valence-electron chi connectivity index (χ4n) is 4.58. The van der Waals surface area contributed by atoms with Gasteiger partial charge in [-0.2, -0.15) is 0 Å². The average Bonchev–Trinajstić information content (AvgIpc) is 3.11. The summed E-state index contributed by atoms with van der Waals surface area (Å²) in [6.07, 6.45) is 17.0. The van der Waals surface area contributed by atoms with E-state index in [0.29, 0.717) is 18.1 Å². The van der Waals surface area contributed by atoms with Crippen LogP contribution in [0.1, 0.15) is 58.1 Å². The van der Waals surface area contributed by atoms with Gasteiger partial charge in [0.1, 0.15) is 0 Å². The molecule has 0 heterocycles. The van der Waals surface area contributed by atoms with E-state index in [-0.39, 0.29) is 5.41 Å². The second-order valence-corrected chi connectivity index (χ2v) is 8.44. The van der Waals surface area contributed by atoms with Gasteiger partial charge >= 0.3 is 0 Å². The maximum atomic E-state index is 3.78. The molecule has 0 bridgehead atoms. The molecule has 0 aromatic heterocycles. The Bertz CT molecular complexity index is 781. The van der Waals surface area contributed by atoms with Crippen molar-refractivity contribution in [2.45, 2.75) is 70.5 Å². The summed E-state index contributed by atoms with van der Waals surface area (Å²) in [5, 5.41) is 7.23. The van der Waals surface area contributed by atoms with Gasteiger partial charge in [0, 0.05) is 23.5 Å². The van der Waals surface area contributed by atoms with Gasteiger partial charge in [-0.25, -0.2) is 0 Å². The van der Waals surface area contributed by atoms with Crippen molar-refractivity contribution >= 4 is 5.57 Å². The van der Waals surface area contributed by atoms with Crippen LogP contribution in [0.2, 0.25) is 0 Å². The molecule has 4 atom stereocenters. The van der Waals surface area contributed by atoms with Crippen LogP contribution in [0.3, 0.4) is 0 Å². The first-order chi connectivity index (χ1) is 13.5. The Balaban J connectivity index is 1.72. The molecule has 3 rings (SSSR count). The Hall–Kier alpha value is -1.90. The molecular formula is C26H36N2. The SMILES string of the molecule is C/C=C\C(CC)NC1CC=C(c2ccc(C3(C)CC=CC3NC)cc2)C=C1C. The van der Waals surface area contributed by atoms with Crippen LogP contribution in [0, 0.1) is 0 Å². The molecule has 0 radical (unpaired) electrons. The first-order valence-corrected chi connectivity index (χ1v) is 10.7. The van der Waals surface area contributed by atoms with Crippen LogP contribution in [0.4, 0.5) is 0 Å². The number of rotatable bonds is 7. The minimum absolute atomic E-state index is 0.150. The zero-order valence-corrected chi connectivity index (χ0v) is 18.1. The number of likely N-dealkylation sites (N-methyl/N-ethyl adjacent to an activating group) is 1. The molecule has 2 aliphatic rings. The summed E-state index contributed by atoms with van der Waals surface area (Å²) >= 11 is 0. The lowest BCUT2D eigenvalue weighted by Crippen LogP contribution is -2.40. The normalized spacial score (nSPS) is 28.5. The number of hydrogen-bond donors (Lipinski definition) is 2. The molecule has 28 heavy (non-hydrogen) atoms. The molecule has 150 valence electrons. The van der Waals surface area contributed by atoms with Gasteiger partial charge in [0.15, 0.2) is 0 Å². The van der Waals surface area contributed by atoms with Gasteiger partial charge in [0.05, 0.1) is 0 Å². The minimum Gasteiger partial charge on any atom is -0.313 e. The molecule has 0 amide bonds. The van der Waals surface area contributed by atoms with E-state index in [1.54, 1.807) is 0 Å². The van der Waals surface area contributed by atoms with Crippen molar-refractivity contribution in [3.8, 4) is 0 Å². The van der Waals surface area contributed by atoms with E-state index >= 15 is 0 Å². The molecule has 2 aliphatic carbocycles. The van der Waals surface area contributed by atoms with Crippen LogP contribution < -0.4 is 10.6 Å². The summed E-state index contributed by atoms with van der Waals surface area (Å²) in [5.41, 5.74) is 5.65. The van der Waals surface area contributed by atoms with Crippen molar-refractivity contribution in [1.82, 2.24) is 10.6 Å². The van der Waals surface area contributed by atoms with Crippen molar-refractivity contribution in [3.63, 3.8) is 0 Å². The number of nitrogens with one attached hydrogen (secondary N) is 2. The van der Waals surface area contributed by atoms with Crippen LogP contribution in [0.15, 0.2) is 66.3 Å². The van der Waals surface area contributed by atoms with Crippen molar-refractivity contribution in [2.75, 3.05) is 7.05 Å². The first-order valence-electron chi connectivity index (χ1n) is 10.7. The standard InChI is InChI=1S/C26H36N2/c1-6-9-23(7-2)28-24-16-13-21(18-19(24)3)20-11-14-22(15-12-20)26(4)17-8-10-25(26)27-5/h6,8-15,18,23-25,27-28H,7,16-17H2,1-5H3/b9-6-. The summed E-state index contributed by atoms with van der Waals surface area (Å²) in [5.74, 6) is 0. The van der Waals surface area contributed by atoms with Gasteiger partial charge in [0.2, 0.25) is 0 Å². The Labute approximate surface area is 171 Å². The highest BCUT2D eigenvalue weighted by Crippen LogP contribution is 2.37. The molecule has 2 N–H and O–H groups in total. The third-order valence-electron chi connectivity index (χ3n) is 6.53. The van der Waals surface area contributed by atoms with Gasteiger partial charge in [-0.05, 0) is 56.9 Å². The maximum Gasteiger partial charge on any atom is 0.0345 e. The van der Waals surface area contributed by atoms with Crippen LogP contribution in [-0.2, 0) is 5.41 Å². The van der Waals surface area contributed by atoms with Crippen LogP contribution in [0.5, 0.6) is 0 Å². The second-order valence-electron chi connectivity index (χ2n) is 8.44. The predicted octanol–water partition coefficient (Wildman–Crippen LogP) is 5.54. The third-order valence-corrected chi connectivity index (χ3v) is 6.53. The maximum absolute atomic E-state index is 3.78. The lowest BCUT2D eigenvalue weighted by Gasteiger charge is -2.32. The highest BCUT2D eigenvalue weighted by Gasteiger charge is 2.36. The van der Waals surface area contributed by atoms with Crippen molar-refractivity contribution in [1.29, 1.82) is 0 Å². The summed E-state index contributed by atoms with van der Waals surface area (Å²) in [6.45, 7) is 8.94. The molecule has 1 aromatic rings. The molecule has 0 spiro atoms. The molecule has 0 saturated heterocycles. The molecule has 0 fully saturated rings. The smallest absolute Gasteiger partial charge is 0.0345 e. The van der Waals surface area contributed by atoms with Gasteiger partial charge in [0.25, 0.3) is 0 Å². The molecule has 2 nitrogen and oxygen atoms in total. The van der Waals surface area contributed by atoms with E-state index in [4.69, 9.17) is 0 Å². The molecule has 4 unspecified atom stereocenters. The van der Waals surface area contributed by atoms with Crippen LogP contribution in [-0.4, -0.2) is 25.2 Å². The molecule has 1 aromatic carbocycles. The molecule has 0 saturated carbocycles. The zero-order valence-electron chi connectivity index (χ0n) is 18.1. The Morgan fingerprint density at radius 2 is 2.00 bits per heavy atom. The van der Waals surface area contributed by atoms with E-state index in [2.05, 4.69) is 106 Å². The van der Waals surface area contributed by atoms with Crippen LogP contribution >= 0.6 is 0 Å². The second kappa shape index (κ2) is 9.07. The minimum atomic E-state index is 0.150. The highest BCUT2D eigenvalue weighted by molar-refractivity contribution is 5.76. The van der Waals surface area contributed by atoms with E-state index in [1.165, 1.54) is 22.3 Å². The summed E-state index contributed by atoms with van der Waals surface area (Å²) < 4.78 is 0. The monoisotopic (exact) mass is 376 g/mol. The largest absolute Gasteiger partial charge is 0.313 e. The van der Waals surface area contributed by atoms with E-state index in [9.17, 15) is 0 Å². The number of allylic oxidation sites excluding steroid dienone is 4. The van der Waals surface area contributed by atoms with Gasteiger partial charge in [-0.15, -0.1) is 0 Å². The molecule has 2 heteroatoms. The first kappa shape index (κ1) is 20.8. The van der Waals surface area contributed by atoms with Gasteiger partial charge in [-0.3, -0.25) is 0 Å². The summed E-state index contributed by atoms with van der Waals surface area (Å²) in [4.78, 5) is 0. The van der Waals surface area contributed by atoms with Gasteiger partial charge in [-0.1, -0.05) is 80.1 Å². The Kier molecular flexibility index (Phi) is 6.74. The zero-order chi connectivity index (χ0) is 20.1.